The van der Waals surface area contributed by atoms with Gasteiger partial charge in [-0.05, 0) is 63.2 Å². The number of nitrogens with zero attached hydrogens (tertiary/aromatic N) is 1. The molecule has 1 aliphatic rings. The van der Waals surface area contributed by atoms with Crippen molar-refractivity contribution < 1.29 is 18.7 Å². The van der Waals surface area contributed by atoms with Crippen LogP contribution in [0, 0.1) is 5.82 Å². The Morgan fingerprint density at radius 1 is 0.968 bits per heavy atom. The zero-order chi connectivity index (χ0) is 21.9. The average Bonchev–Trinajstić information content (AvgIpc) is 3.06. The van der Waals surface area contributed by atoms with E-state index < -0.39 is 11.7 Å². The number of benzene rings is 2. The number of rotatable bonds is 9. The van der Waals surface area contributed by atoms with Crippen LogP contribution in [0.3, 0.4) is 0 Å². The Balaban J connectivity index is 1.45. The molecule has 0 bridgehead atoms. The highest BCUT2D eigenvalue weighted by molar-refractivity contribution is 5.97. The van der Waals surface area contributed by atoms with E-state index in [1.165, 1.54) is 37.8 Å². The minimum absolute atomic E-state index is 0.0894. The number of anilines is 1. The van der Waals surface area contributed by atoms with Crippen LogP contribution in [0.1, 0.15) is 42.5 Å². The van der Waals surface area contributed by atoms with Crippen LogP contribution in [0.2, 0.25) is 0 Å². The van der Waals surface area contributed by atoms with E-state index in [2.05, 4.69) is 15.5 Å². The van der Waals surface area contributed by atoms with Gasteiger partial charge < -0.3 is 20.3 Å². The van der Waals surface area contributed by atoms with Crippen molar-refractivity contribution in [2.24, 2.45) is 0 Å². The molecule has 2 aromatic carbocycles. The SMILES string of the molecule is O=C(COc1ccccc1C(=O)NCCCN1CCCCCC1)Nc1ccccc1F. The molecule has 31 heavy (non-hydrogen) atoms. The van der Waals surface area contributed by atoms with E-state index in [1.54, 1.807) is 36.4 Å². The second-order valence-corrected chi connectivity index (χ2v) is 7.68. The number of hydrogen-bond donors (Lipinski definition) is 2. The summed E-state index contributed by atoms with van der Waals surface area (Å²) >= 11 is 0. The zero-order valence-electron chi connectivity index (χ0n) is 17.7. The second kappa shape index (κ2) is 12.1. The monoisotopic (exact) mass is 427 g/mol. The van der Waals surface area contributed by atoms with E-state index in [1.807, 2.05) is 0 Å². The maximum Gasteiger partial charge on any atom is 0.262 e. The molecule has 0 saturated carbocycles. The molecule has 7 heteroatoms. The lowest BCUT2D eigenvalue weighted by atomic mass is 10.2. The smallest absolute Gasteiger partial charge is 0.262 e. The quantitative estimate of drug-likeness (QED) is 0.597. The third-order valence-corrected chi connectivity index (χ3v) is 5.27. The number of hydrogen-bond acceptors (Lipinski definition) is 4. The third kappa shape index (κ3) is 7.36. The largest absolute Gasteiger partial charge is 0.483 e. The van der Waals surface area contributed by atoms with Crippen LogP contribution < -0.4 is 15.4 Å². The molecule has 2 N–H and O–H groups in total. The van der Waals surface area contributed by atoms with Crippen molar-refractivity contribution in [1.82, 2.24) is 10.2 Å². The normalized spacial score (nSPS) is 14.5. The van der Waals surface area contributed by atoms with Gasteiger partial charge in [0.2, 0.25) is 0 Å². The Morgan fingerprint density at radius 2 is 1.68 bits per heavy atom. The maximum absolute atomic E-state index is 13.7. The predicted molar refractivity (Wildman–Crippen MR) is 119 cm³/mol. The van der Waals surface area contributed by atoms with Gasteiger partial charge >= 0.3 is 0 Å². The first-order valence-electron chi connectivity index (χ1n) is 10.9. The highest BCUT2D eigenvalue weighted by Gasteiger charge is 2.14. The summed E-state index contributed by atoms with van der Waals surface area (Å²) in [5, 5.41) is 5.40. The van der Waals surface area contributed by atoms with Crippen molar-refractivity contribution in [1.29, 1.82) is 0 Å². The minimum atomic E-state index is -0.518. The molecule has 2 amide bonds. The molecule has 0 radical (unpaired) electrons. The second-order valence-electron chi connectivity index (χ2n) is 7.68. The molecular weight excluding hydrogens is 397 g/mol. The fourth-order valence-corrected chi connectivity index (χ4v) is 3.63. The predicted octanol–water partition coefficient (Wildman–Crippen LogP) is 3.84. The Hall–Kier alpha value is -2.93. The molecule has 166 valence electrons. The molecular formula is C24H30FN3O3. The first-order chi connectivity index (χ1) is 15.1. The number of amides is 2. The molecule has 1 saturated heterocycles. The van der Waals surface area contributed by atoms with Gasteiger partial charge in [0.05, 0.1) is 11.3 Å². The molecule has 2 aromatic rings. The van der Waals surface area contributed by atoms with Crippen LogP contribution in [0.4, 0.5) is 10.1 Å². The number of nitrogens with one attached hydrogen (secondary N) is 2. The van der Waals surface area contributed by atoms with Crippen LogP contribution in [-0.4, -0.2) is 49.5 Å². The molecule has 1 heterocycles. The van der Waals surface area contributed by atoms with Gasteiger partial charge in [-0.3, -0.25) is 9.59 Å². The first-order valence-corrected chi connectivity index (χ1v) is 10.9. The summed E-state index contributed by atoms with van der Waals surface area (Å²) in [4.78, 5) is 27.2. The molecule has 0 aliphatic carbocycles. The summed E-state index contributed by atoms with van der Waals surface area (Å²) in [6, 6.07) is 12.7. The van der Waals surface area contributed by atoms with Gasteiger partial charge in [-0.25, -0.2) is 4.39 Å². The first kappa shape index (κ1) is 22.7. The van der Waals surface area contributed by atoms with Gasteiger partial charge in [-0.1, -0.05) is 37.1 Å². The van der Waals surface area contributed by atoms with Crippen molar-refractivity contribution in [2.45, 2.75) is 32.1 Å². The lowest BCUT2D eigenvalue weighted by molar-refractivity contribution is -0.118. The van der Waals surface area contributed by atoms with E-state index in [-0.39, 0.29) is 18.2 Å². The van der Waals surface area contributed by atoms with Crippen LogP contribution in [-0.2, 0) is 4.79 Å². The zero-order valence-corrected chi connectivity index (χ0v) is 17.7. The van der Waals surface area contributed by atoms with Crippen molar-refractivity contribution in [2.75, 3.05) is 38.1 Å². The standard InChI is InChI=1S/C24H30FN3O3/c25-20-11-4-5-12-21(20)27-23(29)18-31-22-13-6-3-10-19(22)24(30)26-14-9-17-28-15-7-1-2-8-16-28/h3-6,10-13H,1-2,7-9,14-18H2,(H,26,30)(H,27,29). The number of carbonyl (C=O) groups excluding carboxylic acids is 2. The van der Waals surface area contributed by atoms with Gasteiger partial charge in [0.15, 0.2) is 6.61 Å². The molecule has 6 nitrogen and oxygen atoms in total. The molecule has 0 atom stereocenters. The lowest BCUT2D eigenvalue weighted by Crippen LogP contribution is -2.31. The maximum atomic E-state index is 13.7. The van der Waals surface area contributed by atoms with E-state index >= 15 is 0 Å². The van der Waals surface area contributed by atoms with Crippen molar-refractivity contribution in [3.05, 3.63) is 59.9 Å². The summed E-state index contributed by atoms with van der Waals surface area (Å²) in [6.45, 7) is 3.51. The third-order valence-electron chi connectivity index (χ3n) is 5.27. The molecule has 0 unspecified atom stereocenters. The highest BCUT2D eigenvalue weighted by Crippen LogP contribution is 2.18. The summed E-state index contributed by atoms with van der Waals surface area (Å²) in [6.07, 6.45) is 6.01. The van der Waals surface area contributed by atoms with Crippen molar-refractivity contribution in [3.8, 4) is 5.75 Å². The minimum Gasteiger partial charge on any atom is -0.483 e. The Labute approximate surface area is 182 Å². The van der Waals surface area contributed by atoms with Crippen LogP contribution in [0.5, 0.6) is 5.75 Å². The number of carbonyl (C=O) groups is 2. The van der Waals surface area contributed by atoms with Gasteiger partial charge in [-0.15, -0.1) is 0 Å². The lowest BCUT2D eigenvalue weighted by Gasteiger charge is -2.19. The molecule has 1 aliphatic heterocycles. The van der Waals surface area contributed by atoms with Gasteiger partial charge in [0.1, 0.15) is 11.6 Å². The highest BCUT2D eigenvalue weighted by atomic mass is 19.1. The molecule has 0 aromatic heterocycles. The van der Waals surface area contributed by atoms with E-state index in [0.29, 0.717) is 17.9 Å². The van der Waals surface area contributed by atoms with E-state index in [4.69, 9.17) is 4.74 Å². The van der Waals surface area contributed by atoms with Crippen LogP contribution in [0.25, 0.3) is 0 Å². The van der Waals surface area contributed by atoms with Gasteiger partial charge in [0, 0.05) is 6.54 Å². The van der Waals surface area contributed by atoms with Crippen molar-refractivity contribution >= 4 is 17.5 Å². The molecule has 1 fully saturated rings. The van der Waals surface area contributed by atoms with Gasteiger partial charge in [-0.2, -0.15) is 0 Å². The summed E-state index contributed by atoms with van der Waals surface area (Å²) in [5.41, 5.74) is 0.461. The average molecular weight is 428 g/mol. The number of halogens is 1. The summed E-state index contributed by atoms with van der Waals surface area (Å²) < 4.78 is 19.2. The molecule has 0 spiro atoms. The van der Waals surface area contributed by atoms with E-state index in [0.717, 1.165) is 26.1 Å². The van der Waals surface area contributed by atoms with Crippen molar-refractivity contribution in [3.63, 3.8) is 0 Å². The van der Waals surface area contributed by atoms with E-state index in [9.17, 15) is 14.0 Å². The number of likely N-dealkylation sites (tertiary alicyclic amines) is 1. The number of ether oxygens (including phenoxy) is 1. The Kier molecular flexibility index (Phi) is 8.84. The topological polar surface area (TPSA) is 70.7 Å². The van der Waals surface area contributed by atoms with Crippen LogP contribution in [0.15, 0.2) is 48.5 Å². The van der Waals surface area contributed by atoms with Crippen LogP contribution >= 0.6 is 0 Å². The fourth-order valence-electron chi connectivity index (χ4n) is 3.63. The Bertz CT molecular complexity index is 867. The Morgan fingerprint density at radius 3 is 2.45 bits per heavy atom. The molecule has 3 rings (SSSR count). The summed E-state index contributed by atoms with van der Waals surface area (Å²) in [7, 11) is 0. The number of para-hydroxylation sites is 2. The fraction of sp³-hybridized carbons (Fsp3) is 0.417. The summed E-state index contributed by atoms with van der Waals surface area (Å²) in [5.74, 6) is -0.939. The van der Waals surface area contributed by atoms with Gasteiger partial charge in [0.25, 0.3) is 11.8 Å².